The first-order chi connectivity index (χ1) is 7.06. The fraction of sp³-hybridized carbons (Fsp3) is 0.900. The molecule has 0 rings (SSSR count). The van der Waals surface area contributed by atoms with E-state index in [1.165, 1.54) is 0 Å². The molecule has 15 heavy (non-hydrogen) atoms. The Labute approximate surface area is 91.2 Å². The van der Waals surface area contributed by atoms with Gasteiger partial charge in [-0.25, -0.2) is 0 Å². The maximum Gasteiger partial charge on any atom is 0.234 e. The maximum absolute atomic E-state index is 11.3. The van der Waals surface area contributed by atoms with Crippen molar-refractivity contribution in [1.82, 2.24) is 10.6 Å². The molecule has 0 saturated heterocycles. The number of carbonyl (C=O) groups is 1. The molecule has 2 unspecified atom stereocenters. The van der Waals surface area contributed by atoms with Crippen molar-refractivity contribution in [2.45, 2.75) is 32.4 Å². The molecule has 0 radical (unpaired) electrons. The number of rotatable bonds is 8. The van der Waals surface area contributed by atoms with Crippen LogP contribution in [0.15, 0.2) is 0 Å². The van der Waals surface area contributed by atoms with Crippen molar-refractivity contribution < 1.29 is 14.6 Å². The lowest BCUT2D eigenvalue weighted by Gasteiger charge is -2.15. The van der Waals surface area contributed by atoms with Gasteiger partial charge in [0.25, 0.3) is 0 Å². The lowest BCUT2D eigenvalue weighted by atomic mass is 10.1. The average Bonchev–Trinajstić information content (AvgIpc) is 2.10. The van der Waals surface area contributed by atoms with Crippen LogP contribution in [0.5, 0.6) is 0 Å². The lowest BCUT2D eigenvalue weighted by Crippen LogP contribution is -2.40. The molecular formula is C10H22N2O3. The van der Waals surface area contributed by atoms with Crippen molar-refractivity contribution >= 4 is 5.91 Å². The Morgan fingerprint density at radius 2 is 2.13 bits per heavy atom. The lowest BCUT2D eigenvalue weighted by molar-refractivity contribution is -0.121. The monoisotopic (exact) mass is 218 g/mol. The number of hydrogen-bond donors (Lipinski definition) is 3. The van der Waals surface area contributed by atoms with Crippen LogP contribution in [0.1, 0.15) is 20.3 Å². The van der Waals surface area contributed by atoms with Crippen molar-refractivity contribution in [3.63, 3.8) is 0 Å². The van der Waals surface area contributed by atoms with Gasteiger partial charge in [-0.3, -0.25) is 4.79 Å². The number of ether oxygens (including phenoxy) is 1. The number of aliphatic hydroxyl groups is 1. The minimum Gasteiger partial charge on any atom is -0.393 e. The Bertz CT molecular complexity index is 174. The van der Waals surface area contributed by atoms with Crippen LogP contribution in [0, 0.1) is 0 Å². The van der Waals surface area contributed by atoms with E-state index in [4.69, 9.17) is 9.84 Å². The molecule has 0 spiro atoms. The van der Waals surface area contributed by atoms with Gasteiger partial charge in [0.1, 0.15) is 0 Å². The van der Waals surface area contributed by atoms with Crippen LogP contribution in [0.4, 0.5) is 0 Å². The van der Waals surface area contributed by atoms with Gasteiger partial charge in [0.2, 0.25) is 5.91 Å². The van der Waals surface area contributed by atoms with Crippen LogP contribution in [0.3, 0.4) is 0 Å². The number of methoxy groups -OCH3 is 1. The SMILES string of the molecule is COCCNCC(=O)NC(C)CC(C)O. The molecule has 0 bridgehead atoms. The first-order valence-electron chi connectivity index (χ1n) is 5.23. The quantitative estimate of drug-likeness (QED) is 0.480. The summed E-state index contributed by atoms with van der Waals surface area (Å²) in [7, 11) is 1.62. The van der Waals surface area contributed by atoms with Gasteiger partial charge in [0.15, 0.2) is 0 Å². The minimum absolute atomic E-state index is 0.00160. The first kappa shape index (κ1) is 14.3. The fourth-order valence-corrected chi connectivity index (χ4v) is 1.27. The molecule has 0 heterocycles. The molecule has 2 atom stereocenters. The smallest absolute Gasteiger partial charge is 0.234 e. The Kier molecular flexibility index (Phi) is 8.27. The summed E-state index contributed by atoms with van der Waals surface area (Å²) in [6.45, 7) is 5.12. The Morgan fingerprint density at radius 3 is 2.67 bits per heavy atom. The normalized spacial score (nSPS) is 14.7. The number of carbonyl (C=O) groups excluding carboxylic acids is 1. The van der Waals surface area contributed by atoms with E-state index in [1.54, 1.807) is 14.0 Å². The zero-order valence-corrected chi connectivity index (χ0v) is 9.75. The molecule has 0 aliphatic heterocycles. The van der Waals surface area contributed by atoms with Gasteiger partial charge in [0, 0.05) is 19.7 Å². The molecule has 0 aromatic heterocycles. The number of amides is 1. The predicted molar refractivity (Wildman–Crippen MR) is 58.6 cm³/mol. The average molecular weight is 218 g/mol. The summed E-state index contributed by atoms with van der Waals surface area (Å²) < 4.78 is 4.83. The van der Waals surface area contributed by atoms with E-state index in [2.05, 4.69) is 10.6 Å². The molecule has 5 heteroatoms. The molecule has 1 amide bonds. The fourth-order valence-electron chi connectivity index (χ4n) is 1.27. The number of nitrogens with one attached hydrogen (secondary N) is 2. The maximum atomic E-state index is 11.3. The Balaban J connectivity index is 3.47. The van der Waals surface area contributed by atoms with Crippen molar-refractivity contribution in [2.24, 2.45) is 0 Å². The molecular weight excluding hydrogens is 196 g/mol. The highest BCUT2D eigenvalue weighted by Crippen LogP contribution is 1.95. The van der Waals surface area contributed by atoms with E-state index in [9.17, 15) is 4.79 Å². The van der Waals surface area contributed by atoms with Gasteiger partial charge in [-0.05, 0) is 20.3 Å². The van der Waals surface area contributed by atoms with E-state index in [1.807, 2.05) is 6.92 Å². The van der Waals surface area contributed by atoms with Crippen molar-refractivity contribution in [3.8, 4) is 0 Å². The van der Waals surface area contributed by atoms with Gasteiger partial charge < -0.3 is 20.5 Å². The van der Waals surface area contributed by atoms with E-state index < -0.39 is 0 Å². The van der Waals surface area contributed by atoms with Gasteiger partial charge in [-0.15, -0.1) is 0 Å². The third-order valence-corrected chi connectivity index (χ3v) is 1.87. The molecule has 0 aliphatic carbocycles. The Morgan fingerprint density at radius 1 is 1.47 bits per heavy atom. The summed E-state index contributed by atoms with van der Waals surface area (Å²) in [5.41, 5.74) is 0. The Hall–Kier alpha value is -0.650. The predicted octanol–water partition coefficient (Wildman–Crippen LogP) is -0.502. The highest BCUT2D eigenvalue weighted by molar-refractivity contribution is 5.78. The summed E-state index contributed by atoms with van der Waals surface area (Å²) >= 11 is 0. The van der Waals surface area contributed by atoms with Crippen LogP contribution in [-0.4, -0.2) is 50.0 Å². The molecule has 0 fully saturated rings. The van der Waals surface area contributed by atoms with E-state index in [0.29, 0.717) is 19.6 Å². The number of hydrogen-bond acceptors (Lipinski definition) is 4. The summed E-state index contributed by atoms with van der Waals surface area (Å²) in [6.07, 6.45) is 0.186. The van der Waals surface area contributed by atoms with Crippen LogP contribution < -0.4 is 10.6 Å². The zero-order chi connectivity index (χ0) is 11.7. The summed E-state index contributed by atoms with van der Waals surface area (Å²) in [4.78, 5) is 11.3. The largest absolute Gasteiger partial charge is 0.393 e. The highest BCUT2D eigenvalue weighted by Gasteiger charge is 2.08. The molecule has 90 valence electrons. The van der Waals surface area contributed by atoms with Gasteiger partial charge >= 0.3 is 0 Å². The zero-order valence-electron chi connectivity index (χ0n) is 9.75. The van der Waals surface area contributed by atoms with Crippen LogP contribution >= 0.6 is 0 Å². The number of aliphatic hydroxyl groups excluding tert-OH is 1. The van der Waals surface area contributed by atoms with Crippen LogP contribution in [-0.2, 0) is 9.53 Å². The topological polar surface area (TPSA) is 70.6 Å². The second kappa shape index (κ2) is 8.64. The molecule has 0 saturated carbocycles. The second-order valence-electron chi connectivity index (χ2n) is 3.72. The van der Waals surface area contributed by atoms with E-state index in [-0.39, 0.29) is 24.6 Å². The minimum atomic E-state index is -0.387. The molecule has 0 aromatic carbocycles. The summed E-state index contributed by atoms with van der Waals surface area (Å²) in [6, 6.07) is 0.00160. The van der Waals surface area contributed by atoms with Gasteiger partial charge in [-0.2, -0.15) is 0 Å². The van der Waals surface area contributed by atoms with Crippen molar-refractivity contribution in [1.29, 1.82) is 0 Å². The highest BCUT2D eigenvalue weighted by atomic mass is 16.5. The van der Waals surface area contributed by atoms with Crippen molar-refractivity contribution in [2.75, 3.05) is 26.8 Å². The van der Waals surface area contributed by atoms with Gasteiger partial charge in [0.05, 0.1) is 19.3 Å². The molecule has 3 N–H and O–H groups in total. The van der Waals surface area contributed by atoms with Crippen LogP contribution in [0.2, 0.25) is 0 Å². The molecule has 5 nitrogen and oxygen atoms in total. The third-order valence-electron chi connectivity index (χ3n) is 1.87. The third kappa shape index (κ3) is 9.65. The second-order valence-corrected chi connectivity index (χ2v) is 3.72. The standard InChI is InChI=1S/C10H22N2O3/c1-8(6-9(2)13)12-10(14)7-11-4-5-15-3/h8-9,11,13H,4-7H2,1-3H3,(H,12,14). The molecule has 0 aromatic rings. The van der Waals surface area contributed by atoms with Crippen molar-refractivity contribution in [3.05, 3.63) is 0 Å². The summed E-state index contributed by atoms with van der Waals surface area (Å²) in [5, 5.41) is 14.8. The summed E-state index contributed by atoms with van der Waals surface area (Å²) in [5.74, 6) is -0.0562. The van der Waals surface area contributed by atoms with E-state index in [0.717, 1.165) is 0 Å². The van der Waals surface area contributed by atoms with E-state index >= 15 is 0 Å². The van der Waals surface area contributed by atoms with Crippen LogP contribution in [0.25, 0.3) is 0 Å². The van der Waals surface area contributed by atoms with Gasteiger partial charge in [-0.1, -0.05) is 0 Å². The molecule has 0 aliphatic rings. The first-order valence-corrected chi connectivity index (χ1v) is 5.23.